The highest BCUT2D eigenvalue weighted by Crippen LogP contribution is 2.28. The largest absolute Gasteiger partial charge is 0.497 e. The van der Waals surface area contributed by atoms with Gasteiger partial charge in [0, 0.05) is 11.6 Å². The summed E-state index contributed by atoms with van der Waals surface area (Å²) in [4.78, 5) is 19.2. The van der Waals surface area contributed by atoms with Gasteiger partial charge < -0.3 is 15.2 Å². The van der Waals surface area contributed by atoms with E-state index < -0.39 is 5.91 Å². The fraction of sp³-hybridized carbons (Fsp3) is 0.154. The van der Waals surface area contributed by atoms with E-state index in [2.05, 4.69) is 9.97 Å². The summed E-state index contributed by atoms with van der Waals surface area (Å²) in [5.74, 6) is 0.630. The number of methoxy groups -OCH3 is 2. The van der Waals surface area contributed by atoms with Crippen LogP contribution >= 0.6 is 0 Å². The summed E-state index contributed by atoms with van der Waals surface area (Å²) in [6.45, 7) is 0. The third-order valence-corrected chi connectivity index (χ3v) is 2.53. The first-order valence-corrected chi connectivity index (χ1v) is 5.49. The maximum Gasteiger partial charge on any atom is 0.268 e. The van der Waals surface area contributed by atoms with E-state index in [-0.39, 0.29) is 5.69 Å². The maximum atomic E-state index is 11.1. The molecule has 2 aromatic rings. The Morgan fingerprint density at radius 1 is 1.11 bits per heavy atom. The second-order valence-corrected chi connectivity index (χ2v) is 3.76. The number of primary amides is 1. The molecule has 0 atom stereocenters. The van der Waals surface area contributed by atoms with Gasteiger partial charge in [0.1, 0.15) is 17.2 Å². The monoisotopic (exact) mass is 259 g/mol. The van der Waals surface area contributed by atoms with Crippen LogP contribution in [0.5, 0.6) is 11.5 Å². The third-order valence-electron chi connectivity index (χ3n) is 2.53. The van der Waals surface area contributed by atoms with E-state index in [9.17, 15) is 4.79 Å². The Balaban J connectivity index is 2.51. The number of nitrogens with two attached hydrogens (primary N) is 1. The molecule has 0 saturated carbocycles. The van der Waals surface area contributed by atoms with Crippen LogP contribution in [0.3, 0.4) is 0 Å². The zero-order valence-corrected chi connectivity index (χ0v) is 10.6. The lowest BCUT2D eigenvalue weighted by Crippen LogP contribution is -2.13. The Bertz CT molecular complexity index is 592. The molecule has 1 amide bonds. The average Bonchev–Trinajstić information content (AvgIpc) is 2.46. The number of aromatic nitrogens is 2. The van der Waals surface area contributed by atoms with Crippen LogP contribution in [0.2, 0.25) is 0 Å². The predicted molar refractivity (Wildman–Crippen MR) is 69.1 cm³/mol. The van der Waals surface area contributed by atoms with Gasteiger partial charge in [0.2, 0.25) is 0 Å². The van der Waals surface area contributed by atoms with Crippen molar-refractivity contribution in [3.8, 4) is 22.8 Å². The standard InChI is InChI=1S/C13H13N3O3/c1-18-9-3-8(4-10(5-9)19-2)11-6-15-7-12(16-11)13(14)17/h3-7H,1-2H3,(H2,14,17). The van der Waals surface area contributed by atoms with Crippen molar-refractivity contribution in [2.75, 3.05) is 14.2 Å². The Hall–Kier alpha value is -2.63. The summed E-state index contributed by atoms with van der Waals surface area (Å²) in [5, 5.41) is 0. The molecular formula is C13H13N3O3. The minimum absolute atomic E-state index is 0.110. The van der Waals surface area contributed by atoms with Gasteiger partial charge >= 0.3 is 0 Å². The highest BCUT2D eigenvalue weighted by molar-refractivity contribution is 5.90. The summed E-state index contributed by atoms with van der Waals surface area (Å²) >= 11 is 0. The van der Waals surface area contributed by atoms with Gasteiger partial charge in [0.25, 0.3) is 5.91 Å². The first kappa shape index (κ1) is 12.8. The van der Waals surface area contributed by atoms with E-state index in [4.69, 9.17) is 15.2 Å². The van der Waals surface area contributed by atoms with E-state index in [0.717, 1.165) is 5.56 Å². The van der Waals surface area contributed by atoms with E-state index in [1.54, 1.807) is 38.6 Å². The molecule has 1 heterocycles. The predicted octanol–water partition coefficient (Wildman–Crippen LogP) is 1.26. The molecule has 0 unspecified atom stereocenters. The lowest BCUT2D eigenvalue weighted by atomic mass is 10.1. The number of nitrogens with zero attached hydrogens (tertiary/aromatic N) is 2. The van der Waals surface area contributed by atoms with Gasteiger partial charge in [-0.05, 0) is 12.1 Å². The fourth-order valence-electron chi connectivity index (χ4n) is 1.58. The normalized spacial score (nSPS) is 10.0. The van der Waals surface area contributed by atoms with Crippen molar-refractivity contribution in [1.82, 2.24) is 9.97 Å². The zero-order valence-electron chi connectivity index (χ0n) is 10.6. The van der Waals surface area contributed by atoms with Crippen LogP contribution in [0, 0.1) is 0 Å². The van der Waals surface area contributed by atoms with Crippen LogP contribution in [0.25, 0.3) is 11.3 Å². The van der Waals surface area contributed by atoms with Crippen LogP contribution in [-0.4, -0.2) is 30.1 Å². The molecule has 0 saturated heterocycles. The van der Waals surface area contributed by atoms with Gasteiger partial charge in [-0.15, -0.1) is 0 Å². The van der Waals surface area contributed by atoms with Gasteiger partial charge in [-0.25, -0.2) is 4.98 Å². The molecule has 98 valence electrons. The van der Waals surface area contributed by atoms with Crippen LogP contribution in [-0.2, 0) is 0 Å². The Morgan fingerprint density at radius 2 is 1.74 bits per heavy atom. The van der Waals surface area contributed by atoms with Crippen LogP contribution in [0.15, 0.2) is 30.6 Å². The van der Waals surface area contributed by atoms with Gasteiger partial charge in [-0.1, -0.05) is 0 Å². The van der Waals surface area contributed by atoms with Gasteiger partial charge in [-0.2, -0.15) is 0 Å². The maximum absolute atomic E-state index is 11.1. The van der Waals surface area contributed by atoms with Gasteiger partial charge in [-0.3, -0.25) is 9.78 Å². The smallest absolute Gasteiger partial charge is 0.268 e. The third kappa shape index (κ3) is 2.79. The molecule has 1 aromatic heterocycles. The Labute approximate surface area is 110 Å². The zero-order chi connectivity index (χ0) is 13.8. The molecule has 0 fully saturated rings. The highest BCUT2D eigenvalue weighted by Gasteiger charge is 2.09. The second-order valence-electron chi connectivity index (χ2n) is 3.76. The van der Waals surface area contributed by atoms with E-state index in [0.29, 0.717) is 17.2 Å². The van der Waals surface area contributed by atoms with Crippen LogP contribution in [0.1, 0.15) is 10.5 Å². The molecule has 19 heavy (non-hydrogen) atoms. The van der Waals surface area contributed by atoms with Crippen molar-refractivity contribution in [3.63, 3.8) is 0 Å². The number of hydrogen-bond acceptors (Lipinski definition) is 5. The van der Waals surface area contributed by atoms with Crippen LogP contribution in [0.4, 0.5) is 0 Å². The van der Waals surface area contributed by atoms with Crippen molar-refractivity contribution in [2.45, 2.75) is 0 Å². The minimum Gasteiger partial charge on any atom is -0.497 e. The van der Waals surface area contributed by atoms with E-state index in [1.165, 1.54) is 6.20 Å². The molecule has 2 rings (SSSR count). The van der Waals surface area contributed by atoms with Gasteiger partial charge in [0.15, 0.2) is 0 Å². The molecule has 2 N–H and O–H groups in total. The Morgan fingerprint density at radius 3 is 2.26 bits per heavy atom. The number of hydrogen-bond donors (Lipinski definition) is 1. The fourth-order valence-corrected chi connectivity index (χ4v) is 1.58. The molecule has 0 aliphatic rings. The molecule has 1 aromatic carbocycles. The number of amides is 1. The number of benzene rings is 1. The van der Waals surface area contributed by atoms with E-state index >= 15 is 0 Å². The summed E-state index contributed by atoms with van der Waals surface area (Å²) in [6, 6.07) is 5.30. The molecule has 0 aliphatic heterocycles. The first-order valence-electron chi connectivity index (χ1n) is 5.49. The average molecular weight is 259 g/mol. The summed E-state index contributed by atoms with van der Waals surface area (Å²) in [6.07, 6.45) is 2.86. The van der Waals surface area contributed by atoms with Crippen LogP contribution < -0.4 is 15.2 Å². The topological polar surface area (TPSA) is 87.3 Å². The lowest BCUT2D eigenvalue weighted by molar-refractivity contribution is 0.0995. The number of carbonyl (C=O) groups excluding carboxylic acids is 1. The van der Waals surface area contributed by atoms with Crippen molar-refractivity contribution in [2.24, 2.45) is 5.73 Å². The summed E-state index contributed by atoms with van der Waals surface area (Å²) in [7, 11) is 3.12. The summed E-state index contributed by atoms with van der Waals surface area (Å²) < 4.78 is 10.4. The molecule has 0 bridgehead atoms. The SMILES string of the molecule is COc1cc(OC)cc(-c2cncc(C(N)=O)n2)c1. The molecule has 0 radical (unpaired) electrons. The first-order chi connectivity index (χ1) is 9.13. The molecule has 6 heteroatoms. The molecular weight excluding hydrogens is 246 g/mol. The van der Waals surface area contributed by atoms with Crippen molar-refractivity contribution in [3.05, 3.63) is 36.3 Å². The molecule has 0 aliphatic carbocycles. The number of carbonyl (C=O) groups is 1. The Kier molecular flexibility index (Phi) is 3.61. The quantitative estimate of drug-likeness (QED) is 0.893. The van der Waals surface area contributed by atoms with Crippen molar-refractivity contribution in [1.29, 1.82) is 0 Å². The number of ether oxygens (including phenoxy) is 2. The lowest BCUT2D eigenvalue weighted by Gasteiger charge is -2.08. The molecule has 0 spiro atoms. The molecule has 6 nitrogen and oxygen atoms in total. The van der Waals surface area contributed by atoms with E-state index in [1.807, 2.05) is 0 Å². The highest BCUT2D eigenvalue weighted by atomic mass is 16.5. The van der Waals surface area contributed by atoms with Gasteiger partial charge in [0.05, 0.1) is 32.3 Å². The number of rotatable bonds is 4. The van der Waals surface area contributed by atoms with Crippen molar-refractivity contribution >= 4 is 5.91 Å². The minimum atomic E-state index is -0.621. The van der Waals surface area contributed by atoms with Crippen molar-refractivity contribution < 1.29 is 14.3 Å². The summed E-state index contributed by atoms with van der Waals surface area (Å²) in [5.41, 5.74) is 6.54. The second kappa shape index (κ2) is 5.34.